The SMILES string of the molecule is CCNc1cccnc1S(=O)(=O)NCCCN(CC)CC. The third-order valence-electron chi connectivity index (χ3n) is 3.23. The van der Waals surface area contributed by atoms with E-state index in [1.165, 1.54) is 6.20 Å². The fourth-order valence-electron chi connectivity index (χ4n) is 2.05. The van der Waals surface area contributed by atoms with Crippen LogP contribution in [0.3, 0.4) is 0 Å². The van der Waals surface area contributed by atoms with Gasteiger partial charge in [-0.25, -0.2) is 18.1 Å². The number of anilines is 1. The van der Waals surface area contributed by atoms with Gasteiger partial charge < -0.3 is 10.2 Å². The molecule has 1 aromatic heterocycles. The van der Waals surface area contributed by atoms with Crippen LogP contribution in [0.2, 0.25) is 0 Å². The van der Waals surface area contributed by atoms with Crippen LogP contribution in [0.4, 0.5) is 5.69 Å². The van der Waals surface area contributed by atoms with Crippen molar-refractivity contribution in [2.75, 3.05) is 38.0 Å². The first-order chi connectivity index (χ1) is 10.0. The zero-order valence-corrected chi connectivity index (χ0v) is 13.9. The number of hydrogen-bond acceptors (Lipinski definition) is 5. The second kappa shape index (κ2) is 8.96. The van der Waals surface area contributed by atoms with Gasteiger partial charge in [-0.2, -0.15) is 0 Å². The molecule has 1 heterocycles. The van der Waals surface area contributed by atoms with E-state index in [0.29, 0.717) is 18.8 Å². The molecule has 0 saturated heterocycles. The van der Waals surface area contributed by atoms with Gasteiger partial charge in [0.15, 0.2) is 5.03 Å². The standard InChI is InChI=1S/C14H26N4O2S/c1-4-15-13-9-7-10-16-14(13)21(19,20)17-11-8-12-18(5-2)6-3/h7,9-10,15,17H,4-6,8,11-12H2,1-3H3. The Hall–Kier alpha value is -1.18. The minimum absolute atomic E-state index is 0.0645. The van der Waals surface area contributed by atoms with Crippen molar-refractivity contribution in [1.82, 2.24) is 14.6 Å². The molecule has 6 nitrogen and oxygen atoms in total. The van der Waals surface area contributed by atoms with Crippen molar-refractivity contribution in [3.63, 3.8) is 0 Å². The third-order valence-corrected chi connectivity index (χ3v) is 4.65. The first-order valence-electron chi connectivity index (χ1n) is 7.46. The van der Waals surface area contributed by atoms with Crippen LogP contribution in [0.1, 0.15) is 27.2 Å². The molecule has 0 spiro atoms. The van der Waals surface area contributed by atoms with Gasteiger partial charge in [0.2, 0.25) is 0 Å². The van der Waals surface area contributed by atoms with Crippen molar-refractivity contribution in [1.29, 1.82) is 0 Å². The number of pyridine rings is 1. The molecule has 7 heteroatoms. The topological polar surface area (TPSA) is 74.3 Å². The minimum atomic E-state index is -3.57. The van der Waals surface area contributed by atoms with Crippen LogP contribution in [0.15, 0.2) is 23.4 Å². The van der Waals surface area contributed by atoms with E-state index in [9.17, 15) is 8.42 Å². The molecular weight excluding hydrogens is 288 g/mol. The van der Waals surface area contributed by atoms with E-state index < -0.39 is 10.0 Å². The summed E-state index contributed by atoms with van der Waals surface area (Å²) in [5.74, 6) is 0. The van der Waals surface area contributed by atoms with Crippen LogP contribution in [-0.2, 0) is 10.0 Å². The average molecular weight is 314 g/mol. The van der Waals surface area contributed by atoms with Crippen molar-refractivity contribution in [2.24, 2.45) is 0 Å². The Morgan fingerprint density at radius 3 is 2.57 bits per heavy atom. The van der Waals surface area contributed by atoms with Gasteiger partial charge in [0, 0.05) is 19.3 Å². The van der Waals surface area contributed by atoms with Gasteiger partial charge in [0.05, 0.1) is 5.69 Å². The monoisotopic (exact) mass is 314 g/mol. The van der Waals surface area contributed by atoms with E-state index in [-0.39, 0.29) is 5.03 Å². The Bertz CT molecular complexity index is 515. The maximum Gasteiger partial charge on any atom is 0.260 e. The lowest BCUT2D eigenvalue weighted by Gasteiger charge is -2.17. The summed E-state index contributed by atoms with van der Waals surface area (Å²) < 4.78 is 27.2. The lowest BCUT2D eigenvalue weighted by molar-refractivity contribution is 0.300. The molecule has 0 atom stereocenters. The van der Waals surface area contributed by atoms with E-state index in [1.807, 2.05) is 6.92 Å². The molecule has 0 bridgehead atoms. The van der Waals surface area contributed by atoms with E-state index in [2.05, 4.69) is 33.8 Å². The van der Waals surface area contributed by atoms with Crippen molar-refractivity contribution in [2.45, 2.75) is 32.2 Å². The first-order valence-corrected chi connectivity index (χ1v) is 8.94. The molecule has 0 aliphatic rings. The predicted octanol–water partition coefficient (Wildman–Crippen LogP) is 1.52. The number of aromatic nitrogens is 1. The third kappa shape index (κ3) is 5.61. The Labute approximate surface area is 128 Å². The van der Waals surface area contributed by atoms with E-state index in [4.69, 9.17) is 0 Å². The number of rotatable bonds is 10. The van der Waals surface area contributed by atoms with E-state index in [1.54, 1.807) is 12.1 Å². The molecule has 0 aromatic carbocycles. The van der Waals surface area contributed by atoms with Gasteiger partial charge in [-0.15, -0.1) is 0 Å². The molecule has 1 rings (SSSR count). The zero-order valence-electron chi connectivity index (χ0n) is 13.1. The molecule has 0 aliphatic carbocycles. The summed E-state index contributed by atoms with van der Waals surface area (Å²) in [6, 6.07) is 3.44. The number of nitrogens with zero attached hydrogens (tertiary/aromatic N) is 2. The van der Waals surface area contributed by atoms with Gasteiger partial charge in [0.25, 0.3) is 10.0 Å². The molecule has 0 amide bonds. The molecule has 0 saturated carbocycles. The highest BCUT2D eigenvalue weighted by Crippen LogP contribution is 2.17. The van der Waals surface area contributed by atoms with Gasteiger partial charge in [-0.05, 0) is 45.1 Å². The second-order valence-electron chi connectivity index (χ2n) is 4.66. The molecule has 0 aliphatic heterocycles. The van der Waals surface area contributed by atoms with Crippen molar-refractivity contribution in [3.05, 3.63) is 18.3 Å². The second-order valence-corrected chi connectivity index (χ2v) is 6.35. The van der Waals surface area contributed by atoms with Crippen LogP contribution < -0.4 is 10.0 Å². The molecular formula is C14H26N4O2S. The highest BCUT2D eigenvalue weighted by molar-refractivity contribution is 7.89. The molecule has 21 heavy (non-hydrogen) atoms. The fourth-order valence-corrected chi connectivity index (χ4v) is 3.23. The van der Waals surface area contributed by atoms with Gasteiger partial charge in [0.1, 0.15) is 0 Å². The average Bonchev–Trinajstić information content (AvgIpc) is 2.48. The maximum atomic E-state index is 12.3. The van der Waals surface area contributed by atoms with Crippen molar-refractivity contribution in [3.8, 4) is 0 Å². The van der Waals surface area contributed by atoms with Crippen LogP contribution in [-0.4, -0.2) is 51.0 Å². The number of hydrogen-bond donors (Lipinski definition) is 2. The number of sulfonamides is 1. The quantitative estimate of drug-likeness (QED) is 0.641. The normalized spacial score (nSPS) is 11.8. The molecule has 0 radical (unpaired) electrons. The van der Waals surface area contributed by atoms with Crippen LogP contribution >= 0.6 is 0 Å². The summed E-state index contributed by atoms with van der Waals surface area (Å²) in [5.41, 5.74) is 0.538. The zero-order chi connectivity index (χ0) is 15.7. The Balaban J connectivity index is 2.61. The predicted molar refractivity (Wildman–Crippen MR) is 86.0 cm³/mol. The lowest BCUT2D eigenvalue weighted by Crippen LogP contribution is -2.30. The summed E-state index contributed by atoms with van der Waals surface area (Å²) in [6.07, 6.45) is 2.27. The molecule has 0 fully saturated rings. The summed E-state index contributed by atoms with van der Waals surface area (Å²) >= 11 is 0. The van der Waals surface area contributed by atoms with E-state index >= 15 is 0 Å². The van der Waals surface area contributed by atoms with Gasteiger partial charge in [-0.1, -0.05) is 13.8 Å². The highest BCUT2D eigenvalue weighted by atomic mass is 32.2. The summed E-state index contributed by atoms with van der Waals surface area (Å²) in [7, 11) is -3.57. The summed E-state index contributed by atoms with van der Waals surface area (Å²) in [5, 5.41) is 3.08. The Morgan fingerprint density at radius 1 is 1.24 bits per heavy atom. The largest absolute Gasteiger partial charge is 0.383 e. The molecule has 120 valence electrons. The van der Waals surface area contributed by atoms with Crippen LogP contribution in [0, 0.1) is 0 Å². The number of nitrogens with one attached hydrogen (secondary N) is 2. The fraction of sp³-hybridized carbons (Fsp3) is 0.643. The smallest absolute Gasteiger partial charge is 0.260 e. The highest BCUT2D eigenvalue weighted by Gasteiger charge is 2.19. The minimum Gasteiger partial charge on any atom is -0.383 e. The van der Waals surface area contributed by atoms with Crippen LogP contribution in [0.25, 0.3) is 0 Å². The lowest BCUT2D eigenvalue weighted by atomic mass is 10.4. The summed E-state index contributed by atoms with van der Waals surface area (Å²) in [6.45, 7) is 10.0. The Morgan fingerprint density at radius 2 is 1.95 bits per heavy atom. The molecule has 2 N–H and O–H groups in total. The molecule has 1 aromatic rings. The Kier molecular flexibility index (Phi) is 7.63. The van der Waals surface area contributed by atoms with Crippen molar-refractivity contribution >= 4 is 15.7 Å². The first kappa shape index (κ1) is 17.9. The van der Waals surface area contributed by atoms with E-state index in [0.717, 1.165) is 26.1 Å². The van der Waals surface area contributed by atoms with Crippen LogP contribution in [0.5, 0.6) is 0 Å². The van der Waals surface area contributed by atoms with Crippen molar-refractivity contribution < 1.29 is 8.42 Å². The summed E-state index contributed by atoms with van der Waals surface area (Å²) in [4.78, 5) is 6.25. The van der Waals surface area contributed by atoms with Gasteiger partial charge >= 0.3 is 0 Å². The van der Waals surface area contributed by atoms with Gasteiger partial charge in [-0.3, -0.25) is 0 Å². The molecule has 0 unspecified atom stereocenters. The maximum absolute atomic E-state index is 12.3.